The van der Waals surface area contributed by atoms with Crippen molar-refractivity contribution in [3.05, 3.63) is 45.6 Å². The number of nitrogens with zero attached hydrogens (tertiary/aromatic N) is 1. The summed E-state index contributed by atoms with van der Waals surface area (Å²) < 4.78 is 13.4. The highest BCUT2D eigenvalue weighted by Gasteiger charge is 2.22. The number of β-amino-alcohol motifs (C(OH)–C–C–N with tert-alkyl or cyclic N) is 1. The zero-order valence-electron chi connectivity index (χ0n) is 12.0. The van der Waals surface area contributed by atoms with E-state index in [9.17, 15) is 14.3 Å². The Hall–Kier alpha value is -1.72. The zero-order valence-corrected chi connectivity index (χ0v) is 12.0. The molecule has 3 rings (SSSR count). The van der Waals surface area contributed by atoms with Crippen LogP contribution in [0, 0.1) is 5.82 Å². The van der Waals surface area contributed by atoms with E-state index in [1.54, 1.807) is 6.07 Å². The second-order valence-corrected chi connectivity index (χ2v) is 5.63. The number of fused-ring (bicyclic) bond motifs is 1. The number of hydrogen-bond donors (Lipinski definition) is 2. The number of hydrogen-bond acceptors (Lipinski definition) is 3. The number of likely N-dealkylation sites (tertiary alicyclic amines) is 1. The van der Waals surface area contributed by atoms with Crippen LogP contribution in [0.5, 0.6) is 0 Å². The van der Waals surface area contributed by atoms with Crippen LogP contribution in [0.1, 0.15) is 24.6 Å². The van der Waals surface area contributed by atoms with E-state index in [4.69, 9.17) is 0 Å². The number of aliphatic hydroxyl groups is 1. The maximum absolute atomic E-state index is 13.4. The maximum Gasteiger partial charge on any atom is 0.256 e. The number of benzene rings is 1. The third-order valence-electron chi connectivity index (χ3n) is 4.16. The fourth-order valence-corrected chi connectivity index (χ4v) is 3.07. The largest absolute Gasteiger partial charge is 0.392 e. The molecular weight excluding hydrogens is 271 g/mol. The molecule has 1 saturated heterocycles. The Morgan fingerprint density at radius 1 is 1.43 bits per heavy atom. The number of pyridine rings is 1. The van der Waals surface area contributed by atoms with Crippen LogP contribution in [0.4, 0.5) is 4.39 Å². The molecule has 0 saturated carbocycles. The molecule has 1 atom stereocenters. The molecule has 1 aromatic carbocycles. The first-order valence-electron chi connectivity index (χ1n) is 7.32. The monoisotopic (exact) mass is 290 g/mol. The van der Waals surface area contributed by atoms with Crippen molar-refractivity contribution in [2.45, 2.75) is 32.4 Å². The van der Waals surface area contributed by atoms with Crippen LogP contribution >= 0.6 is 0 Å². The summed E-state index contributed by atoms with van der Waals surface area (Å²) in [6.07, 6.45) is 1.22. The van der Waals surface area contributed by atoms with Gasteiger partial charge in [0.15, 0.2) is 0 Å². The Morgan fingerprint density at radius 3 is 2.90 bits per heavy atom. The Labute approximate surface area is 122 Å². The predicted octanol–water partition coefficient (Wildman–Crippen LogP) is 1.80. The highest BCUT2D eigenvalue weighted by Crippen LogP contribution is 2.23. The fourth-order valence-electron chi connectivity index (χ4n) is 3.07. The summed E-state index contributed by atoms with van der Waals surface area (Å²) in [5, 5.41) is 10.8. The molecule has 2 heterocycles. The SMILES string of the molecule is CCc1[nH]c(=O)c2cc(F)ccc2c1CN1CCC(O)C1. The van der Waals surface area contributed by atoms with E-state index in [-0.39, 0.29) is 11.7 Å². The van der Waals surface area contributed by atoms with Crippen LogP contribution in [0.3, 0.4) is 0 Å². The minimum atomic E-state index is -0.403. The molecule has 2 N–H and O–H groups in total. The van der Waals surface area contributed by atoms with Crippen LogP contribution in [0.2, 0.25) is 0 Å². The third kappa shape index (κ3) is 2.71. The van der Waals surface area contributed by atoms with Gasteiger partial charge in [0, 0.05) is 25.3 Å². The van der Waals surface area contributed by atoms with Crippen molar-refractivity contribution in [3.8, 4) is 0 Å². The quantitative estimate of drug-likeness (QED) is 0.906. The normalized spacial score (nSPS) is 19.5. The van der Waals surface area contributed by atoms with Gasteiger partial charge in [-0.15, -0.1) is 0 Å². The van der Waals surface area contributed by atoms with Crippen molar-refractivity contribution >= 4 is 10.8 Å². The number of halogens is 1. The first kappa shape index (κ1) is 14.2. The first-order chi connectivity index (χ1) is 10.1. The van der Waals surface area contributed by atoms with Crippen LogP contribution in [-0.2, 0) is 13.0 Å². The van der Waals surface area contributed by atoms with Crippen molar-refractivity contribution in [2.24, 2.45) is 0 Å². The zero-order chi connectivity index (χ0) is 15.0. The molecule has 21 heavy (non-hydrogen) atoms. The minimum absolute atomic E-state index is 0.244. The number of aryl methyl sites for hydroxylation is 1. The van der Waals surface area contributed by atoms with Gasteiger partial charge in [-0.1, -0.05) is 13.0 Å². The number of aromatic nitrogens is 1. The van der Waals surface area contributed by atoms with E-state index < -0.39 is 5.82 Å². The lowest BCUT2D eigenvalue weighted by molar-refractivity contribution is 0.175. The number of aliphatic hydroxyl groups excluding tert-OH is 1. The van der Waals surface area contributed by atoms with Crippen LogP contribution in [-0.4, -0.2) is 34.2 Å². The molecule has 5 heteroatoms. The van der Waals surface area contributed by atoms with Crippen LogP contribution < -0.4 is 5.56 Å². The van der Waals surface area contributed by atoms with Crippen LogP contribution in [0.15, 0.2) is 23.0 Å². The van der Waals surface area contributed by atoms with Gasteiger partial charge in [-0.25, -0.2) is 4.39 Å². The van der Waals surface area contributed by atoms with Crippen molar-refractivity contribution < 1.29 is 9.50 Å². The van der Waals surface area contributed by atoms with Crippen molar-refractivity contribution in [1.29, 1.82) is 0 Å². The Balaban J connectivity index is 2.10. The molecule has 0 aliphatic carbocycles. The smallest absolute Gasteiger partial charge is 0.256 e. The molecule has 0 spiro atoms. The average Bonchev–Trinajstić information content (AvgIpc) is 2.87. The fraction of sp³-hybridized carbons (Fsp3) is 0.438. The highest BCUT2D eigenvalue weighted by atomic mass is 19.1. The Kier molecular flexibility index (Phi) is 3.78. The summed E-state index contributed by atoms with van der Waals surface area (Å²) in [5.41, 5.74) is 1.67. The molecule has 1 aliphatic heterocycles. The van der Waals surface area contributed by atoms with Crippen LogP contribution in [0.25, 0.3) is 10.8 Å². The molecule has 112 valence electrons. The van der Waals surface area contributed by atoms with Gasteiger partial charge < -0.3 is 10.1 Å². The second-order valence-electron chi connectivity index (χ2n) is 5.63. The van der Waals surface area contributed by atoms with Crippen molar-refractivity contribution in [2.75, 3.05) is 13.1 Å². The van der Waals surface area contributed by atoms with E-state index in [1.807, 2.05) is 6.92 Å². The van der Waals surface area contributed by atoms with Gasteiger partial charge in [0.1, 0.15) is 5.82 Å². The molecule has 1 unspecified atom stereocenters. The van der Waals surface area contributed by atoms with Gasteiger partial charge in [0.2, 0.25) is 0 Å². The number of nitrogens with one attached hydrogen (secondary N) is 1. The molecule has 1 aromatic heterocycles. The lowest BCUT2D eigenvalue weighted by Crippen LogP contribution is -2.24. The molecule has 0 bridgehead atoms. The second kappa shape index (κ2) is 5.58. The number of H-pyrrole nitrogens is 1. The molecule has 1 fully saturated rings. The van der Waals surface area contributed by atoms with E-state index in [0.29, 0.717) is 24.9 Å². The standard InChI is InChI=1S/C16H19FN2O2/c1-2-15-14(9-19-6-5-11(20)8-19)12-4-3-10(17)7-13(12)16(21)18-15/h3-4,7,11,20H,2,5-6,8-9H2,1H3,(H,18,21). The predicted molar refractivity (Wildman–Crippen MR) is 79.8 cm³/mol. The molecule has 0 amide bonds. The third-order valence-corrected chi connectivity index (χ3v) is 4.16. The lowest BCUT2D eigenvalue weighted by atomic mass is 10.0. The summed E-state index contributed by atoms with van der Waals surface area (Å²) in [7, 11) is 0. The molecular formula is C16H19FN2O2. The van der Waals surface area contributed by atoms with Gasteiger partial charge in [-0.05, 0) is 35.9 Å². The van der Waals surface area contributed by atoms with Gasteiger partial charge >= 0.3 is 0 Å². The Morgan fingerprint density at radius 2 is 2.24 bits per heavy atom. The van der Waals surface area contributed by atoms with Gasteiger partial charge in [0.25, 0.3) is 5.56 Å². The van der Waals surface area contributed by atoms with E-state index in [2.05, 4.69) is 9.88 Å². The minimum Gasteiger partial charge on any atom is -0.392 e. The van der Waals surface area contributed by atoms with Gasteiger partial charge in [-0.2, -0.15) is 0 Å². The van der Waals surface area contributed by atoms with Crippen molar-refractivity contribution in [3.63, 3.8) is 0 Å². The summed E-state index contributed by atoms with van der Waals surface area (Å²) in [4.78, 5) is 17.1. The summed E-state index contributed by atoms with van der Waals surface area (Å²) in [5.74, 6) is -0.403. The summed E-state index contributed by atoms with van der Waals surface area (Å²) in [6, 6.07) is 4.36. The number of rotatable bonds is 3. The molecule has 1 aliphatic rings. The molecule has 0 radical (unpaired) electrons. The van der Waals surface area contributed by atoms with Gasteiger partial charge in [0.05, 0.1) is 11.5 Å². The van der Waals surface area contributed by atoms with Crippen molar-refractivity contribution in [1.82, 2.24) is 9.88 Å². The molecule has 2 aromatic rings. The van der Waals surface area contributed by atoms with E-state index in [1.165, 1.54) is 12.1 Å². The van der Waals surface area contributed by atoms with E-state index in [0.717, 1.165) is 29.6 Å². The van der Waals surface area contributed by atoms with Gasteiger partial charge in [-0.3, -0.25) is 9.69 Å². The summed E-state index contributed by atoms with van der Waals surface area (Å²) in [6.45, 7) is 4.14. The molecule has 4 nitrogen and oxygen atoms in total. The topological polar surface area (TPSA) is 56.3 Å². The Bertz CT molecular complexity index is 726. The average molecular weight is 290 g/mol. The first-order valence-corrected chi connectivity index (χ1v) is 7.32. The maximum atomic E-state index is 13.4. The summed E-state index contributed by atoms with van der Waals surface area (Å²) >= 11 is 0. The lowest BCUT2D eigenvalue weighted by Gasteiger charge is -2.19. The van der Waals surface area contributed by atoms with E-state index >= 15 is 0 Å². The highest BCUT2D eigenvalue weighted by molar-refractivity contribution is 5.85. The number of aromatic amines is 1.